The zero-order valence-electron chi connectivity index (χ0n) is 13.2. The molecule has 118 valence electrons. The van der Waals surface area contributed by atoms with Gasteiger partial charge in [0.05, 0.1) is 13.1 Å². The number of ether oxygens (including phenoxy) is 1. The van der Waals surface area contributed by atoms with Crippen LogP contribution in [-0.2, 0) is 9.53 Å². The van der Waals surface area contributed by atoms with Gasteiger partial charge < -0.3 is 15.0 Å². The van der Waals surface area contributed by atoms with Gasteiger partial charge in [0.1, 0.15) is 13.2 Å². The van der Waals surface area contributed by atoms with Crippen LogP contribution in [0.4, 0.5) is 0 Å². The predicted octanol–water partition coefficient (Wildman–Crippen LogP) is 1.16. The molecule has 0 spiro atoms. The third-order valence-electron chi connectivity index (χ3n) is 4.01. The number of rotatable bonds is 11. The molecule has 20 heavy (non-hydrogen) atoms. The molecule has 1 aliphatic heterocycles. The summed E-state index contributed by atoms with van der Waals surface area (Å²) in [5.41, 5.74) is 0. The Morgan fingerprint density at radius 3 is 2.40 bits per heavy atom. The number of hydrogen-bond acceptors (Lipinski definition) is 3. The molecule has 4 nitrogen and oxygen atoms in total. The third kappa shape index (κ3) is 9.32. The summed E-state index contributed by atoms with van der Waals surface area (Å²) in [6.07, 6.45) is 9.32. The van der Waals surface area contributed by atoms with Crippen molar-refractivity contribution in [2.45, 2.75) is 58.3 Å². The van der Waals surface area contributed by atoms with E-state index in [0.717, 1.165) is 39.1 Å². The highest BCUT2D eigenvalue weighted by atomic mass is 16.5. The maximum absolute atomic E-state index is 11.6. The second-order valence-corrected chi connectivity index (χ2v) is 5.84. The monoisotopic (exact) mass is 285 g/mol. The molecule has 0 amide bonds. The van der Waals surface area contributed by atoms with E-state index in [1.807, 2.05) is 0 Å². The Kier molecular flexibility index (Phi) is 10.6. The van der Waals surface area contributed by atoms with E-state index in [2.05, 4.69) is 12.2 Å². The van der Waals surface area contributed by atoms with Gasteiger partial charge in [-0.1, -0.05) is 45.4 Å². The average Bonchev–Trinajstić information content (AvgIpc) is 2.47. The molecular formula is C16H33N2O2+. The molecule has 0 bridgehead atoms. The van der Waals surface area contributed by atoms with E-state index < -0.39 is 0 Å². The molecule has 0 radical (unpaired) electrons. The van der Waals surface area contributed by atoms with Crippen molar-refractivity contribution in [2.24, 2.45) is 0 Å². The molecule has 4 heteroatoms. The van der Waals surface area contributed by atoms with Gasteiger partial charge in [-0.2, -0.15) is 0 Å². The molecule has 1 saturated heterocycles. The SMILES string of the molecule is CCCCCCCCCC(=O)OCC[NH+]1CCNCC1. The molecule has 0 aromatic heterocycles. The van der Waals surface area contributed by atoms with E-state index in [1.54, 1.807) is 4.90 Å². The number of unbranched alkanes of at least 4 members (excludes halogenated alkanes) is 6. The summed E-state index contributed by atoms with van der Waals surface area (Å²) < 4.78 is 5.31. The highest BCUT2D eigenvalue weighted by Crippen LogP contribution is 2.08. The second-order valence-electron chi connectivity index (χ2n) is 5.84. The van der Waals surface area contributed by atoms with Crippen LogP contribution in [0.15, 0.2) is 0 Å². The maximum Gasteiger partial charge on any atom is 0.305 e. The quantitative estimate of drug-likeness (QED) is 0.442. The largest absolute Gasteiger partial charge is 0.460 e. The standard InChI is InChI=1S/C16H32N2O2/c1-2-3-4-5-6-7-8-9-16(19)20-15-14-18-12-10-17-11-13-18/h17H,2-15H2,1H3/p+1. The molecule has 0 aromatic carbocycles. The minimum absolute atomic E-state index is 0.00640. The molecule has 1 aliphatic rings. The normalized spacial score (nSPS) is 16.2. The van der Waals surface area contributed by atoms with Crippen molar-refractivity contribution in [1.82, 2.24) is 5.32 Å². The molecule has 2 N–H and O–H groups in total. The van der Waals surface area contributed by atoms with E-state index in [4.69, 9.17) is 4.74 Å². The van der Waals surface area contributed by atoms with Crippen LogP contribution in [0.5, 0.6) is 0 Å². The van der Waals surface area contributed by atoms with Crippen molar-refractivity contribution >= 4 is 5.97 Å². The highest BCUT2D eigenvalue weighted by Gasteiger charge is 2.13. The van der Waals surface area contributed by atoms with Crippen LogP contribution >= 0.6 is 0 Å². The first-order valence-electron chi connectivity index (χ1n) is 8.53. The molecule has 1 rings (SSSR count). The van der Waals surface area contributed by atoms with Gasteiger partial charge in [-0.3, -0.25) is 4.79 Å². The number of piperazine rings is 1. The van der Waals surface area contributed by atoms with Crippen LogP contribution in [0.2, 0.25) is 0 Å². The van der Waals surface area contributed by atoms with Crippen LogP contribution in [-0.4, -0.2) is 45.3 Å². The van der Waals surface area contributed by atoms with Gasteiger partial charge in [0.2, 0.25) is 0 Å². The second kappa shape index (κ2) is 12.2. The number of carbonyl (C=O) groups is 1. The molecule has 1 fully saturated rings. The summed E-state index contributed by atoms with van der Waals surface area (Å²) in [7, 11) is 0. The van der Waals surface area contributed by atoms with Gasteiger partial charge >= 0.3 is 5.97 Å². The summed E-state index contributed by atoms with van der Waals surface area (Å²) >= 11 is 0. The van der Waals surface area contributed by atoms with E-state index in [1.165, 1.54) is 38.5 Å². The van der Waals surface area contributed by atoms with Crippen LogP contribution in [0.1, 0.15) is 58.3 Å². The first kappa shape index (κ1) is 17.4. The summed E-state index contributed by atoms with van der Waals surface area (Å²) in [6, 6.07) is 0. The Labute approximate surface area is 124 Å². The highest BCUT2D eigenvalue weighted by molar-refractivity contribution is 5.69. The van der Waals surface area contributed by atoms with Crippen molar-refractivity contribution in [2.75, 3.05) is 39.3 Å². The van der Waals surface area contributed by atoms with Gasteiger partial charge in [-0.25, -0.2) is 0 Å². The topological polar surface area (TPSA) is 42.8 Å². The number of carbonyl (C=O) groups excluding carboxylic acids is 1. The lowest BCUT2D eigenvalue weighted by Gasteiger charge is -2.23. The lowest BCUT2D eigenvalue weighted by molar-refractivity contribution is -0.902. The summed E-state index contributed by atoms with van der Waals surface area (Å²) in [6.45, 7) is 8.25. The Balaban J connectivity index is 1.85. The average molecular weight is 285 g/mol. The molecular weight excluding hydrogens is 252 g/mol. The van der Waals surface area contributed by atoms with E-state index in [0.29, 0.717) is 13.0 Å². The van der Waals surface area contributed by atoms with Gasteiger partial charge in [0.15, 0.2) is 0 Å². The fraction of sp³-hybridized carbons (Fsp3) is 0.938. The van der Waals surface area contributed by atoms with Crippen molar-refractivity contribution < 1.29 is 14.4 Å². The Morgan fingerprint density at radius 2 is 1.70 bits per heavy atom. The number of esters is 1. The van der Waals surface area contributed by atoms with Crippen LogP contribution in [0.25, 0.3) is 0 Å². The van der Waals surface area contributed by atoms with E-state index >= 15 is 0 Å². The zero-order chi connectivity index (χ0) is 14.5. The molecule has 0 saturated carbocycles. The fourth-order valence-electron chi connectivity index (χ4n) is 2.64. The minimum atomic E-state index is -0.00640. The molecule has 0 unspecified atom stereocenters. The Morgan fingerprint density at radius 1 is 1.05 bits per heavy atom. The number of nitrogens with one attached hydrogen (secondary N) is 2. The number of quaternary nitrogens is 1. The van der Waals surface area contributed by atoms with Crippen LogP contribution in [0, 0.1) is 0 Å². The van der Waals surface area contributed by atoms with E-state index in [9.17, 15) is 4.79 Å². The summed E-state index contributed by atoms with van der Waals surface area (Å²) in [5.74, 6) is -0.00640. The molecule has 0 aliphatic carbocycles. The molecule has 0 aromatic rings. The summed E-state index contributed by atoms with van der Waals surface area (Å²) in [4.78, 5) is 13.1. The van der Waals surface area contributed by atoms with E-state index in [-0.39, 0.29) is 5.97 Å². The zero-order valence-corrected chi connectivity index (χ0v) is 13.2. The van der Waals surface area contributed by atoms with Gasteiger partial charge in [0.25, 0.3) is 0 Å². The lowest BCUT2D eigenvalue weighted by atomic mass is 10.1. The predicted molar refractivity (Wildman–Crippen MR) is 82.0 cm³/mol. The molecule has 1 heterocycles. The molecule has 0 atom stereocenters. The van der Waals surface area contributed by atoms with Crippen molar-refractivity contribution in [3.8, 4) is 0 Å². The van der Waals surface area contributed by atoms with Crippen LogP contribution < -0.4 is 10.2 Å². The van der Waals surface area contributed by atoms with Crippen molar-refractivity contribution in [1.29, 1.82) is 0 Å². The third-order valence-corrected chi connectivity index (χ3v) is 4.01. The first-order valence-corrected chi connectivity index (χ1v) is 8.53. The fourth-order valence-corrected chi connectivity index (χ4v) is 2.64. The van der Waals surface area contributed by atoms with Gasteiger partial charge in [-0.05, 0) is 6.42 Å². The van der Waals surface area contributed by atoms with Crippen LogP contribution in [0.3, 0.4) is 0 Å². The lowest BCUT2D eigenvalue weighted by Crippen LogP contribution is -3.15. The maximum atomic E-state index is 11.6. The van der Waals surface area contributed by atoms with Gasteiger partial charge in [0, 0.05) is 19.5 Å². The van der Waals surface area contributed by atoms with Crippen molar-refractivity contribution in [3.05, 3.63) is 0 Å². The Bertz CT molecular complexity index is 241. The Hall–Kier alpha value is -0.610. The number of hydrogen-bond donors (Lipinski definition) is 2. The first-order chi connectivity index (χ1) is 9.83. The minimum Gasteiger partial charge on any atom is -0.460 e. The van der Waals surface area contributed by atoms with Crippen molar-refractivity contribution in [3.63, 3.8) is 0 Å². The van der Waals surface area contributed by atoms with Gasteiger partial charge in [-0.15, -0.1) is 0 Å². The smallest absolute Gasteiger partial charge is 0.305 e. The summed E-state index contributed by atoms with van der Waals surface area (Å²) in [5, 5.41) is 3.34.